The van der Waals surface area contributed by atoms with Crippen molar-refractivity contribution in [2.45, 2.75) is 31.5 Å². The lowest BCUT2D eigenvalue weighted by Crippen LogP contribution is -2.40. The topological polar surface area (TPSA) is 50.5 Å². The first-order valence-corrected chi connectivity index (χ1v) is 9.09. The first-order valence-electron chi connectivity index (χ1n) is 8.21. The molecule has 126 valence electrons. The van der Waals surface area contributed by atoms with E-state index in [1.54, 1.807) is 11.3 Å². The average Bonchev–Trinajstić information content (AvgIpc) is 3.20. The maximum absolute atomic E-state index is 10.1. The van der Waals surface area contributed by atoms with Gasteiger partial charge >= 0.3 is 0 Å². The molecule has 1 N–H and O–H groups in total. The molecule has 1 aliphatic heterocycles. The minimum atomic E-state index is -0.414. The van der Waals surface area contributed by atoms with Crippen LogP contribution in [-0.2, 0) is 18.4 Å². The van der Waals surface area contributed by atoms with Gasteiger partial charge in [0.05, 0.1) is 19.3 Å². The van der Waals surface area contributed by atoms with Crippen LogP contribution >= 0.6 is 11.3 Å². The van der Waals surface area contributed by atoms with Crippen molar-refractivity contribution in [1.29, 1.82) is 0 Å². The summed E-state index contributed by atoms with van der Waals surface area (Å²) in [4.78, 5) is 3.54. The fraction of sp³-hybridized carbons (Fsp3) is 0.588. The molecular formula is C17H25N3O2S. The van der Waals surface area contributed by atoms with Crippen molar-refractivity contribution >= 4 is 11.3 Å². The minimum Gasteiger partial charge on any atom is -0.389 e. The van der Waals surface area contributed by atoms with Crippen molar-refractivity contribution in [3.8, 4) is 0 Å². The molecule has 3 heterocycles. The van der Waals surface area contributed by atoms with E-state index in [4.69, 9.17) is 4.74 Å². The predicted molar refractivity (Wildman–Crippen MR) is 91.6 cm³/mol. The molecule has 0 aromatic carbocycles. The Morgan fingerprint density at radius 3 is 2.87 bits per heavy atom. The van der Waals surface area contributed by atoms with Gasteiger partial charge in [0.15, 0.2) is 0 Å². The normalized spacial score (nSPS) is 18.3. The molecule has 1 fully saturated rings. The molecule has 0 bridgehead atoms. The number of likely N-dealkylation sites (tertiary alicyclic amines) is 1. The first kappa shape index (κ1) is 16.6. The number of β-amino-alcohol motifs (C(OH)–C–C–N with tert-alkyl or cyclic N) is 1. The van der Waals surface area contributed by atoms with Crippen LogP contribution in [0.3, 0.4) is 0 Å². The van der Waals surface area contributed by atoms with E-state index in [2.05, 4.69) is 22.1 Å². The number of aromatic nitrogens is 2. The van der Waals surface area contributed by atoms with Crippen molar-refractivity contribution in [3.63, 3.8) is 0 Å². The van der Waals surface area contributed by atoms with Crippen LogP contribution in [0.5, 0.6) is 0 Å². The molecule has 0 spiro atoms. The van der Waals surface area contributed by atoms with Crippen LogP contribution in [-0.4, -0.2) is 52.1 Å². The van der Waals surface area contributed by atoms with E-state index in [0.29, 0.717) is 25.7 Å². The third-order valence-electron chi connectivity index (χ3n) is 4.47. The summed E-state index contributed by atoms with van der Waals surface area (Å²) in [7, 11) is 2.01. The van der Waals surface area contributed by atoms with E-state index < -0.39 is 6.10 Å². The van der Waals surface area contributed by atoms with E-state index in [0.717, 1.165) is 25.9 Å². The predicted octanol–water partition coefficient (Wildman–Crippen LogP) is 2.24. The Kier molecular flexibility index (Phi) is 5.83. The fourth-order valence-corrected chi connectivity index (χ4v) is 3.88. The number of hydrogen-bond acceptors (Lipinski definition) is 5. The largest absolute Gasteiger partial charge is 0.389 e. The van der Waals surface area contributed by atoms with Crippen LogP contribution in [0.25, 0.3) is 0 Å². The van der Waals surface area contributed by atoms with Gasteiger partial charge in [-0.05, 0) is 43.4 Å². The Labute approximate surface area is 141 Å². The molecule has 1 aliphatic rings. The van der Waals surface area contributed by atoms with Gasteiger partial charge in [-0.25, -0.2) is 0 Å². The summed E-state index contributed by atoms with van der Waals surface area (Å²) in [6.45, 7) is 3.75. The van der Waals surface area contributed by atoms with E-state index in [1.807, 2.05) is 29.4 Å². The average molecular weight is 335 g/mol. The van der Waals surface area contributed by atoms with Crippen LogP contribution in [0.1, 0.15) is 29.3 Å². The van der Waals surface area contributed by atoms with Crippen molar-refractivity contribution in [3.05, 3.63) is 40.3 Å². The number of hydrogen-bond donors (Lipinski definition) is 1. The van der Waals surface area contributed by atoms with Gasteiger partial charge < -0.3 is 14.7 Å². The zero-order valence-corrected chi connectivity index (χ0v) is 14.4. The summed E-state index contributed by atoms with van der Waals surface area (Å²) in [6.07, 6.45) is 3.71. The Bertz CT molecular complexity index is 576. The molecule has 6 heteroatoms. The van der Waals surface area contributed by atoms with Crippen LogP contribution in [0.2, 0.25) is 0 Å². The number of rotatable bonds is 7. The van der Waals surface area contributed by atoms with Gasteiger partial charge in [-0.15, -0.1) is 11.3 Å². The summed E-state index contributed by atoms with van der Waals surface area (Å²) < 4.78 is 7.58. The van der Waals surface area contributed by atoms with Gasteiger partial charge in [0.25, 0.3) is 0 Å². The first-order chi connectivity index (χ1) is 11.2. The fourth-order valence-electron chi connectivity index (χ4n) is 3.24. The van der Waals surface area contributed by atoms with Crippen LogP contribution in [0, 0.1) is 0 Å². The van der Waals surface area contributed by atoms with Crippen molar-refractivity contribution in [2.24, 2.45) is 7.05 Å². The number of piperidine rings is 1. The van der Waals surface area contributed by atoms with E-state index >= 15 is 0 Å². The van der Waals surface area contributed by atoms with Crippen molar-refractivity contribution < 1.29 is 9.84 Å². The van der Waals surface area contributed by atoms with Crippen molar-refractivity contribution in [2.75, 3.05) is 26.2 Å². The van der Waals surface area contributed by atoms with E-state index in [1.165, 1.54) is 10.6 Å². The second-order valence-corrected chi connectivity index (χ2v) is 7.24. The second-order valence-electron chi connectivity index (χ2n) is 6.20. The molecule has 3 rings (SSSR count). The number of nitrogens with zero attached hydrogens (tertiary/aromatic N) is 3. The summed E-state index contributed by atoms with van der Waals surface area (Å²) in [5.74, 6) is 0.589. The molecule has 5 nitrogen and oxygen atoms in total. The lowest BCUT2D eigenvalue weighted by atomic mass is 9.93. The second kappa shape index (κ2) is 8.06. The highest BCUT2D eigenvalue weighted by Gasteiger charge is 2.23. The van der Waals surface area contributed by atoms with Gasteiger partial charge in [0.1, 0.15) is 0 Å². The Morgan fingerprint density at radius 1 is 1.39 bits per heavy atom. The van der Waals surface area contributed by atoms with Crippen LogP contribution < -0.4 is 0 Å². The quantitative estimate of drug-likeness (QED) is 0.843. The molecule has 0 amide bonds. The SMILES string of the molecule is Cn1nccc1C1CCN(CC(O)COCc2cccs2)CC1. The molecule has 2 aromatic rings. The third-order valence-corrected chi connectivity index (χ3v) is 5.32. The standard InChI is InChI=1S/C17H25N3O2S/c1-19-17(4-7-18-19)14-5-8-20(9-6-14)11-15(21)12-22-13-16-3-2-10-23-16/h2-4,7,10,14-15,21H,5-6,8-9,11-13H2,1H3. The highest BCUT2D eigenvalue weighted by molar-refractivity contribution is 7.09. The van der Waals surface area contributed by atoms with E-state index in [-0.39, 0.29) is 0 Å². The minimum absolute atomic E-state index is 0.402. The van der Waals surface area contributed by atoms with E-state index in [9.17, 15) is 5.11 Å². The maximum Gasteiger partial charge on any atom is 0.0900 e. The molecule has 0 radical (unpaired) electrons. The molecule has 1 saturated heterocycles. The summed E-state index contributed by atoms with van der Waals surface area (Å²) in [5, 5.41) is 16.5. The Hall–Kier alpha value is -1.21. The zero-order chi connectivity index (χ0) is 16.1. The van der Waals surface area contributed by atoms with Gasteiger partial charge in [-0.2, -0.15) is 5.10 Å². The number of aliphatic hydroxyl groups excluding tert-OH is 1. The molecule has 1 unspecified atom stereocenters. The summed E-state index contributed by atoms with van der Waals surface area (Å²) in [5.41, 5.74) is 1.32. The smallest absolute Gasteiger partial charge is 0.0900 e. The highest BCUT2D eigenvalue weighted by atomic mass is 32.1. The van der Waals surface area contributed by atoms with Crippen LogP contribution in [0.4, 0.5) is 0 Å². The monoisotopic (exact) mass is 335 g/mol. The summed E-state index contributed by atoms with van der Waals surface area (Å²) in [6, 6.07) is 6.19. The van der Waals surface area contributed by atoms with Crippen molar-refractivity contribution in [1.82, 2.24) is 14.7 Å². The number of aliphatic hydroxyl groups is 1. The molecular weight excluding hydrogens is 310 g/mol. The third kappa shape index (κ3) is 4.64. The molecule has 1 atom stereocenters. The number of thiophene rings is 1. The zero-order valence-electron chi connectivity index (χ0n) is 13.6. The van der Waals surface area contributed by atoms with Gasteiger partial charge in [-0.1, -0.05) is 6.07 Å². The number of ether oxygens (including phenoxy) is 1. The maximum atomic E-state index is 10.1. The molecule has 23 heavy (non-hydrogen) atoms. The summed E-state index contributed by atoms with van der Waals surface area (Å²) >= 11 is 1.69. The van der Waals surface area contributed by atoms with Crippen LogP contribution in [0.15, 0.2) is 29.8 Å². The molecule has 0 saturated carbocycles. The molecule has 2 aromatic heterocycles. The van der Waals surface area contributed by atoms with Gasteiger partial charge in [0.2, 0.25) is 0 Å². The van der Waals surface area contributed by atoms with Gasteiger partial charge in [-0.3, -0.25) is 4.68 Å². The number of aryl methyl sites for hydroxylation is 1. The molecule has 0 aliphatic carbocycles. The Morgan fingerprint density at radius 2 is 2.22 bits per heavy atom. The lowest BCUT2D eigenvalue weighted by molar-refractivity contribution is 0.00683. The Balaban J connectivity index is 1.36. The lowest BCUT2D eigenvalue weighted by Gasteiger charge is -2.33. The highest BCUT2D eigenvalue weighted by Crippen LogP contribution is 2.27. The van der Waals surface area contributed by atoms with Gasteiger partial charge in [0, 0.05) is 36.3 Å².